The quantitative estimate of drug-likeness (QED) is 0.238. The van der Waals surface area contributed by atoms with Gasteiger partial charge in [0.25, 0.3) is 5.69 Å². The predicted octanol–water partition coefficient (Wildman–Crippen LogP) is 2.99. The average Bonchev–Trinajstić information content (AvgIpc) is 3.27. The molecule has 1 heterocycles. The van der Waals surface area contributed by atoms with Crippen molar-refractivity contribution in [2.24, 2.45) is 0 Å². The predicted molar refractivity (Wildman–Crippen MR) is 127 cm³/mol. The molecular weight excluding hydrogens is 480 g/mol. The summed E-state index contributed by atoms with van der Waals surface area (Å²) < 4.78 is 5.20. The molecule has 0 aliphatic carbocycles. The van der Waals surface area contributed by atoms with Crippen molar-refractivity contribution >= 4 is 51.9 Å². The van der Waals surface area contributed by atoms with Crippen LogP contribution in [-0.4, -0.2) is 51.0 Å². The van der Waals surface area contributed by atoms with Crippen LogP contribution in [0.25, 0.3) is 0 Å². The van der Waals surface area contributed by atoms with Crippen LogP contribution in [0, 0.1) is 10.1 Å². The Hall–Kier alpha value is -3.97. The first-order valence-electron chi connectivity index (χ1n) is 10.4. The van der Waals surface area contributed by atoms with Crippen molar-refractivity contribution in [2.75, 3.05) is 17.2 Å². The van der Waals surface area contributed by atoms with Crippen LogP contribution in [0.1, 0.15) is 29.3 Å². The monoisotopic (exact) mass is 502 g/mol. The largest absolute Gasteiger partial charge is 0.478 e. The van der Waals surface area contributed by atoms with Crippen molar-refractivity contribution in [3.8, 4) is 0 Å². The Morgan fingerprint density at radius 2 is 1.89 bits per heavy atom. The van der Waals surface area contributed by atoms with Gasteiger partial charge in [-0.1, -0.05) is 0 Å². The first-order chi connectivity index (χ1) is 16.6. The molecule has 0 bridgehead atoms. The zero-order chi connectivity index (χ0) is 25.5. The SMILES string of the molecule is CC(=O)Nc1ccc(NC(=O)[C@@H]2C[C@H](SC(=O)OCc3ccc([N+](=O)[O-])cc3)CN2)cc1C(=O)O. The van der Waals surface area contributed by atoms with E-state index in [1.54, 1.807) is 0 Å². The summed E-state index contributed by atoms with van der Waals surface area (Å²) in [4.78, 5) is 57.6. The molecule has 13 heteroatoms. The molecule has 1 aliphatic rings. The smallest absolute Gasteiger partial charge is 0.367 e. The van der Waals surface area contributed by atoms with Crippen LogP contribution in [0.2, 0.25) is 0 Å². The number of rotatable bonds is 8. The molecule has 2 amide bonds. The number of carboxylic acids is 1. The number of thioether (sulfide) groups is 1. The number of carbonyl (C=O) groups excluding carboxylic acids is 3. The van der Waals surface area contributed by atoms with Gasteiger partial charge in [0.1, 0.15) is 6.61 Å². The number of ether oxygens (including phenoxy) is 1. The van der Waals surface area contributed by atoms with Gasteiger partial charge in [-0.25, -0.2) is 9.59 Å². The van der Waals surface area contributed by atoms with Crippen LogP contribution >= 0.6 is 11.8 Å². The lowest BCUT2D eigenvalue weighted by Crippen LogP contribution is -2.35. The van der Waals surface area contributed by atoms with Gasteiger partial charge < -0.3 is 25.8 Å². The highest BCUT2D eigenvalue weighted by atomic mass is 32.2. The molecule has 0 aromatic heterocycles. The zero-order valence-electron chi connectivity index (χ0n) is 18.5. The van der Waals surface area contributed by atoms with Gasteiger partial charge in [-0.05, 0) is 54.1 Å². The number of nitro groups is 1. The van der Waals surface area contributed by atoms with E-state index in [2.05, 4.69) is 16.0 Å². The molecule has 3 rings (SSSR count). The normalized spacial score (nSPS) is 16.8. The van der Waals surface area contributed by atoms with Crippen molar-refractivity contribution in [3.63, 3.8) is 0 Å². The molecule has 0 spiro atoms. The van der Waals surface area contributed by atoms with Crippen LogP contribution < -0.4 is 16.0 Å². The van der Waals surface area contributed by atoms with Gasteiger partial charge in [-0.3, -0.25) is 19.7 Å². The van der Waals surface area contributed by atoms with Gasteiger partial charge in [0.05, 0.1) is 22.2 Å². The number of benzene rings is 2. The lowest BCUT2D eigenvalue weighted by Gasteiger charge is -2.13. The standard InChI is InChI=1S/C22H22N4O8S/c1-12(27)24-18-7-4-14(8-17(18)21(29)30)25-20(28)19-9-16(10-23-19)35-22(31)34-11-13-2-5-15(6-3-13)26(32)33/h2-8,16,19,23H,9-11H2,1H3,(H,24,27)(H,25,28)(H,29,30)/t16-,19-/m0/s1. The molecule has 2 aromatic rings. The minimum atomic E-state index is -1.26. The van der Waals surface area contributed by atoms with Crippen molar-refractivity contribution in [3.05, 3.63) is 63.7 Å². The summed E-state index contributed by atoms with van der Waals surface area (Å²) in [5, 5.41) is 27.4. The van der Waals surface area contributed by atoms with Gasteiger partial charge in [0.2, 0.25) is 11.8 Å². The third-order valence-electron chi connectivity index (χ3n) is 5.00. The summed E-state index contributed by atoms with van der Waals surface area (Å²) in [5.41, 5.74) is 0.754. The van der Waals surface area contributed by atoms with Crippen molar-refractivity contribution in [1.29, 1.82) is 0 Å². The van der Waals surface area contributed by atoms with E-state index < -0.39 is 34.1 Å². The molecule has 0 saturated carbocycles. The van der Waals surface area contributed by atoms with E-state index in [4.69, 9.17) is 4.74 Å². The number of carboxylic acid groups (broad SMARTS) is 1. The summed E-state index contributed by atoms with van der Waals surface area (Å²) in [6.45, 7) is 1.61. The summed E-state index contributed by atoms with van der Waals surface area (Å²) in [5.74, 6) is -2.07. The number of anilines is 2. The highest BCUT2D eigenvalue weighted by molar-refractivity contribution is 8.13. The highest BCUT2D eigenvalue weighted by Crippen LogP contribution is 2.26. The van der Waals surface area contributed by atoms with E-state index in [1.807, 2.05) is 0 Å². The lowest BCUT2D eigenvalue weighted by atomic mass is 10.1. The first-order valence-corrected chi connectivity index (χ1v) is 11.3. The number of nitro benzene ring substituents is 1. The molecule has 184 valence electrons. The summed E-state index contributed by atoms with van der Waals surface area (Å²) in [6, 6.07) is 9.19. The third kappa shape index (κ3) is 7.25. The Morgan fingerprint density at radius 3 is 2.51 bits per heavy atom. The number of carbonyl (C=O) groups is 4. The molecule has 12 nitrogen and oxygen atoms in total. The van der Waals surface area contributed by atoms with E-state index in [9.17, 15) is 34.4 Å². The van der Waals surface area contributed by atoms with Gasteiger partial charge in [-0.2, -0.15) is 0 Å². The summed E-state index contributed by atoms with van der Waals surface area (Å²) in [6.07, 6.45) is 0.346. The molecule has 4 N–H and O–H groups in total. The fraction of sp³-hybridized carbons (Fsp3) is 0.273. The van der Waals surface area contributed by atoms with Crippen LogP contribution in [-0.2, 0) is 20.9 Å². The van der Waals surface area contributed by atoms with Crippen molar-refractivity contribution < 1.29 is 33.9 Å². The van der Waals surface area contributed by atoms with E-state index in [1.165, 1.54) is 49.4 Å². The Kier molecular flexibility index (Phi) is 8.39. The maximum atomic E-state index is 12.6. The second kappa shape index (κ2) is 11.4. The minimum Gasteiger partial charge on any atom is -0.478 e. The van der Waals surface area contributed by atoms with Crippen molar-refractivity contribution in [1.82, 2.24) is 5.32 Å². The molecule has 2 atom stereocenters. The minimum absolute atomic E-state index is 0.0335. The van der Waals surface area contributed by atoms with Crippen LogP contribution in [0.4, 0.5) is 21.9 Å². The van der Waals surface area contributed by atoms with E-state index in [0.29, 0.717) is 18.5 Å². The molecule has 0 radical (unpaired) electrons. The number of hydrogen-bond donors (Lipinski definition) is 4. The maximum Gasteiger partial charge on any atom is 0.367 e. The molecule has 2 aromatic carbocycles. The molecule has 35 heavy (non-hydrogen) atoms. The van der Waals surface area contributed by atoms with Gasteiger partial charge in [0.15, 0.2) is 0 Å². The Morgan fingerprint density at radius 1 is 1.17 bits per heavy atom. The number of aromatic carboxylic acids is 1. The van der Waals surface area contributed by atoms with E-state index in [-0.39, 0.29) is 34.5 Å². The van der Waals surface area contributed by atoms with Crippen LogP contribution in [0.5, 0.6) is 0 Å². The zero-order valence-corrected chi connectivity index (χ0v) is 19.3. The Balaban J connectivity index is 1.49. The Bertz CT molecular complexity index is 1150. The third-order valence-corrected chi connectivity index (χ3v) is 6.00. The van der Waals surface area contributed by atoms with Gasteiger partial charge in [-0.15, -0.1) is 0 Å². The number of hydrogen-bond acceptors (Lipinski definition) is 9. The molecule has 0 unspecified atom stereocenters. The van der Waals surface area contributed by atoms with Crippen LogP contribution in [0.3, 0.4) is 0 Å². The number of amides is 2. The average molecular weight is 503 g/mol. The number of nitrogens with zero attached hydrogens (tertiary/aromatic N) is 1. The number of nitrogens with one attached hydrogen (secondary N) is 3. The molecule has 1 aliphatic heterocycles. The topological polar surface area (TPSA) is 177 Å². The van der Waals surface area contributed by atoms with Gasteiger partial charge in [0, 0.05) is 36.5 Å². The van der Waals surface area contributed by atoms with E-state index in [0.717, 1.165) is 11.8 Å². The molecule has 1 fully saturated rings. The second-order valence-corrected chi connectivity index (χ2v) is 8.87. The fourth-order valence-corrected chi connectivity index (χ4v) is 4.21. The van der Waals surface area contributed by atoms with E-state index >= 15 is 0 Å². The fourth-order valence-electron chi connectivity index (χ4n) is 3.35. The lowest BCUT2D eigenvalue weighted by molar-refractivity contribution is -0.384. The summed E-state index contributed by atoms with van der Waals surface area (Å²) in [7, 11) is 0. The Labute approximate surface area is 203 Å². The van der Waals surface area contributed by atoms with Gasteiger partial charge >= 0.3 is 11.3 Å². The maximum absolute atomic E-state index is 12.6. The first kappa shape index (κ1) is 25.6. The second-order valence-electron chi connectivity index (χ2n) is 7.63. The van der Waals surface area contributed by atoms with Crippen molar-refractivity contribution in [2.45, 2.75) is 31.2 Å². The molecular formula is C22H22N4O8S. The van der Waals surface area contributed by atoms with Crippen LogP contribution in [0.15, 0.2) is 42.5 Å². The summed E-state index contributed by atoms with van der Waals surface area (Å²) >= 11 is 0.946. The number of non-ortho nitro benzene ring substituents is 1. The molecule has 1 saturated heterocycles. The highest BCUT2D eigenvalue weighted by Gasteiger charge is 2.32.